The second kappa shape index (κ2) is 5.97. The molecule has 0 aliphatic rings. The Morgan fingerprint density at radius 1 is 1.26 bits per heavy atom. The van der Waals surface area contributed by atoms with Crippen LogP contribution in [0.2, 0.25) is 0 Å². The van der Waals surface area contributed by atoms with Crippen LogP contribution in [-0.4, -0.2) is 9.55 Å². The van der Waals surface area contributed by atoms with Crippen LogP contribution in [0.1, 0.15) is 31.3 Å². The lowest BCUT2D eigenvalue weighted by Gasteiger charge is -2.23. The molecule has 0 amide bonds. The number of nitrogens with one attached hydrogen (secondary N) is 1. The van der Waals surface area contributed by atoms with Crippen LogP contribution in [-0.2, 0) is 13.6 Å². The Labute approximate surface area is 113 Å². The first-order valence-corrected chi connectivity index (χ1v) is 6.53. The molecular weight excluding hydrogens is 241 g/mol. The van der Waals surface area contributed by atoms with E-state index in [2.05, 4.69) is 24.1 Å². The zero-order valence-corrected chi connectivity index (χ0v) is 11.6. The lowest BCUT2D eigenvalue weighted by atomic mass is 9.96. The summed E-state index contributed by atoms with van der Waals surface area (Å²) in [5.74, 6) is 1.22. The molecule has 0 fully saturated rings. The summed E-state index contributed by atoms with van der Waals surface area (Å²) < 4.78 is 15.0. The highest BCUT2D eigenvalue weighted by molar-refractivity contribution is 5.20. The van der Waals surface area contributed by atoms with Crippen molar-refractivity contribution in [2.75, 3.05) is 0 Å². The van der Waals surface area contributed by atoms with E-state index in [9.17, 15) is 4.39 Å². The SMILES string of the molecule is CC(C)C(NCc1nccn1C)c1ccc(F)cc1. The van der Waals surface area contributed by atoms with Gasteiger partial charge in [-0.2, -0.15) is 0 Å². The lowest BCUT2D eigenvalue weighted by molar-refractivity contribution is 0.403. The molecule has 1 N–H and O–H groups in total. The number of nitrogens with zero attached hydrogens (tertiary/aromatic N) is 2. The highest BCUT2D eigenvalue weighted by Gasteiger charge is 2.15. The topological polar surface area (TPSA) is 29.9 Å². The molecule has 1 aromatic heterocycles. The predicted molar refractivity (Wildman–Crippen MR) is 74.0 cm³/mol. The zero-order chi connectivity index (χ0) is 13.8. The number of rotatable bonds is 5. The third-order valence-electron chi connectivity index (χ3n) is 3.30. The van der Waals surface area contributed by atoms with E-state index in [4.69, 9.17) is 0 Å². The second-order valence-corrected chi connectivity index (χ2v) is 5.11. The number of halogens is 1. The van der Waals surface area contributed by atoms with Gasteiger partial charge in [0.25, 0.3) is 0 Å². The highest BCUT2D eigenvalue weighted by atomic mass is 19.1. The van der Waals surface area contributed by atoms with Crippen LogP contribution < -0.4 is 5.32 Å². The Morgan fingerprint density at radius 3 is 2.47 bits per heavy atom. The van der Waals surface area contributed by atoms with Crippen molar-refractivity contribution in [3.8, 4) is 0 Å². The van der Waals surface area contributed by atoms with Gasteiger partial charge in [-0.1, -0.05) is 26.0 Å². The fourth-order valence-corrected chi connectivity index (χ4v) is 2.18. The van der Waals surface area contributed by atoms with Crippen LogP contribution in [0.3, 0.4) is 0 Å². The van der Waals surface area contributed by atoms with E-state index in [0.717, 1.165) is 11.4 Å². The second-order valence-electron chi connectivity index (χ2n) is 5.11. The van der Waals surface area contributed by atoms with Gasteiger partial charge >= 0.3 is 0 Å². The number of hydrogen-bond acceptors (Lipinski definition) is 2. The number of hydrogen-bond donors (Lipinski definition) is 1. The summed E-state index contributed by atoms with van der Waals surface area (Å²) in [6, 6.07) is 6.88. The predicted octanol–water partition coefficient (Wildman–Crippen LogP) is 3.05. The van der Waals surface area contributed by atoms with E-state index in [-0.39, 0.29) is 11.9 Å². The van der Waals surface area contributed by atoms with E-state index in [1.165, 1.54) is 12.1 Å². The summed E-state index contributed by atoms with van der Waals surface area (Å²) in [5, 5.41) is 3.49. The van der Waals surface area contributed by atoms with Gasteiger partial charge in [0, 0.05) is 25.5 Å². The summed E-state index contributed by atoms with van der Waals surface area (Å²) in [6.07, 6.45) is 3.72. The smallest absolute Gasteiger partial charge is 0.123 e. The van der Waals surface area contributed by atoms with Crippen molar-refractivity contribution in [2.45, 2.75) is 26.4 Å². The summed E-state index contributed by atoms with van der Waals surface area (Å²) in [7, 11) is 1.98. The fraction of sp³-hybridized carbons (Fsp3) is 0.400. The average Bonchev–Trinajstić information content (AvgIpc) is 2.77. The first-order valence-electron chi connectivity index (χ1n) is 6.53. The molecule has 19 heavy (non-hydrogen) atoms. The van der Waals surface area contributed by atoms with E-state index in [1.54, 1.807) is 6.20 Å². The summed E-state index contributed by atoms with van der Waals surface area (Å²) >= 11 is 0. The van der Waals surface area contributed by atoms with Crippen molar-refractivity contribution in [1.82, 2.24) is 14.9 Å². The molecule has 102 valence electrons. The van der Waals surface area contributed by atoms with Gasteiger partial charge in [0.05, 0.1) is 6.54 Å². The van der Waals surface area contributed by atoms with Gasteiger partial charge in [0.2, 0.25) is 0 Å². The quantitative estimate of drug-likeness (QED) is 0.896. The molecule has 1 unspecified atom stereocenters. The van der Waals surface area contributed by atoms with Crippen molar-refractivity contribution < 1.29 is 4.39 Å². The van der Waals surface area contributed by atoms with E-state index < -0.39 is 0 Å². The van der Waals surface area contributed by atoms with Gasteiger partial charge in [-0.25, -0.2) is 9.37 Å². The minimum atomic E-state index is -0.199. The number of imidazole rings is 1. The van der Waals surface area contributed by atoms with E-state index in [1.807, 2.05) is 29.9 Å². The van der Waals surface area contributed by atoms with E-state index in [0.29, 0.717) is 12.5 Å². The van der Waals surface area contributed by atoms with Crippen LogP contribution in [0.5, 0.6) is 0 Å². The number of aryl methyl sites for hydroxylation is 1. The molecule has 2 rings (SSSR count). The monoisotopic (exact) mass is 261 g/mol. The van der Waals surface area contributed by atoms with Crippen LogP contribution >= 0.6 is 0 Å². The average molecular weight is 261 g/mol. The molecule has 0 aliphatic heterocycles. The van der Waals surface area contributed by atoms with Crippen LogP contribution in [0, 0.1) is 11.7 Å². The van der Waals surface area contributed by atoms with Gasteiger partial charge in [-0.3, -0.25) is 0 Å². The van der Waals surface area contributed by atoms with Gasteiger partial charge < -0.3 is 9.88 Å². The third-order valence-corrected chi connectivity index (χ3v) is 3.30. The van der Waals surface area contributed by atoms with Crippen molar-refractivity contribution >= 4 is 0 Å². The molecule has 3 nitrogen and oxygen atoms in total. The first-order chi connectivity index (χ1) is 9.08. The lowest BCUT2D eigenvalue weighted by Crippen LogP contribution is -2.26. The van der Waals surface area contributed by atoms with Crippen molar-refractivity contribution in [3.63, 3.8) is 0 Å². The Kier molecular flexibility index (Phi) is 4.32. The van der Waals surface area contributed by atoms with Crippen LogP contribution in [0.15, 0.2) is 36.7 Å². The molecule has 4 heteroatoms. The maximum atomic E-state index is 13.0. The maximum absolute atomic E-state index is 13.0. The normalized spacial score (nSPS) is 12.9. The molecule has 2 aromatic rings. The summed E-state index contributed by atoms with van der Waals surface area (Å²) in [4.78, 5) is 4.30. The van der Waals surface area contributed by atoms with Crippen molar-refractivity contribution in [3.05, 3.63) is 53.9 Å². The van der Waals surface area contributed by atoms with Gasteiger partial charge in [0.15, 0.2) is 0 Å². The summed E-state index contributed by atoms with van der Waals surface area (Å²) in [5.41, 5.74) is 1.10. The van der Waals surface area contributed by atoms with Gasteiger partial charge in [-0.15, -0.1) is 0 Å². The van der Waals surface area contributed by atoms with Gasteiger partial charge in [0.1, 0.15) is 11.6 Å². The number of benzene rings is 1. The molecule has 0 saturated heterocycles. The molecule has 1 heterocycles. The molecular formula is C15H20FN3. The molecule has 0 radical (unpaired) electrons. The molecule has 0 spiro atoms. The zero-order valence-electron chi connectivity index (χ0n) is 11.6. The third kappa shape index (κ3) is 3.41. The molecule has 0 bridgehead atoms. The fourth-order valence-electron chi connectivity index (χ4n) is 2.18. The first kappa shape index (κ1) is 13.7. The molecule has 0 aliphatic carbocycles. The van der Waals surface area contributed by atoms with Crippen molar-refractivity contribution in [2.24, 2.45) is 13.0 Å². The highest BCUT2D eigenvalue weighted by Crippen LogP contribution is 2.22. The summed E-state index contributed by atoms with van der Waals surface area (Å²) in [6.45, 7) is 5.00. The molecule has 0 saturated carbocycles. The van der Waals surface area contributed by atoms with Gasteiger partial charge in [-0.05, 0) is 23.6 Å². The molecule has 1 atom stereocenters. The maximum Gasteiger partial charge on any atom is 0.123 e. The van der Waals surface area contributed by atoms with E-state index >= 15 is 0 Å². The Hall–Kier alpha value is -1.68. The Bertz CT molecular complexity index is 516. The van der Waals surface area contributed by atoms with Crippen LogP contribution in [0.25, 0.3) is 0 Å². The Morgan fingerprint density at radius 2 is 1.95 bits per heavy atom. The molecule has 1 aromatic carbocycles. The minimum Gasteiger partial charge on any atom is -0.337 e. The van der Waals surface area contributed by atoms with Crippen molar-refractivity contribution in [1.29, 1.82) is 0 Å². The standard InChI is InChI=1S/C15H20FN3/c1-11(2)15(12-4-6-13(16)7-5-12)18-10-14-17-8-9-19(14)3/h4-9,11,15,18H,10H2,1-3H3. The minimum absolute atomic E-state index is 0.192. The number of aromatic nitrogens is 2. The Balaban J connectivity index is 2.08. The van der Waals surface area contributed by atoms with Crippen LogP contribution in [0.4, 0.5) is 4.39 Å². The largest absolute Gasteiger partial charge is 0.337 e.